The lowest BCUT2D eigenvalue weighted by Crippen LogP contribution is -2.07. The largest absolute Gasteiger partial charge is 0.493 e. The predicted octanol–water partition coefficient (Wildman–Crippen LogP) is 6.93. The Hall–Kier alpha value is -4.38. The van der Waals surface area contributed by atoms with Crippen molar-refractivity contribution >= 4 is 12.3 Å². The second-order valence-corrected chi connectivity index (χ2v) is 8.54. The number of rotatable bonds is 12. The second-order valence-electron chi connectivity index (χ2n) is 8.54. The summed E-state index contributed by atoms with van der Waals surface area (Å²) in [5, 5.41) is 0. The summed E-state index contributed by atoms with van der Waals surface area (Å²) in [6.45, 7) is 2.99. The predicted molar refractivity (Wildman–Crippen MR) is 144 cm³/mol. The molecule has 188 valence electrons. The number of carbonyl (C=O) groups is 2. The van der Waals surface area contributed by atoms with E-state index in [0.717, 1.165) is 24.2 Å². The van der Waals surface area contributed by atoms with Gasteiger partial charge in [0, 0.05) is 0 Å². The average Bonchev–Trinajstić information content (AvgIpc) is 2.95. The molecule has 0 spiro atoms. The SMILES string of the molecule is CCOC(=O)c1ccc(OCCCc2ccc(OCc3ccc(-c4ccccc4)cc3)cc2)c(C=O)c1. The Morgan fingerprint density at radius 3 is 2.19 bits per heavy atom. The molecule has 0 heterocycles. The molecule has 0 saturated carbocycles. The molecule has 0 bridgehead atoms. The molecule has 0 aliphatic carbocycles. The van der Waals surface area contributed by atoms with E-state index in [0.29, 0.717) is 36.4 Å². The summed E-state index contributed by atoms with van der Waals surface area (Å²) in [5.74, 6) is 0.832. The smallest absolute Gasteiger partial charge is 0.338 e. The zero-order valence-corrected chi connectivity index (χ0v) is 20.9. The molecule has 0 aliphatic rings. The number of aryl methyl sites for hydroxylation is 1. The lowest BCUT2D eigenvalue weighted by atomic mass is 10.0. The molecule has 0 amide bonds. The third-order valence-corrected chi connectivity index (χ3v) is 5.91. The molecule has 4 aromatic carbocycles. The zero-order valence-electron chi connectivity index (χ0n) is 20.9. The van der Waals surface area contributed by atoms with Gasteiger partial charge in [0.2, 0.25) is 0 Å². The molecule has 0 fully saturated rings. The summed E-state index contributed by atoms with van der Waals surface area (Å²) in [5.41, 5.74) is 5.35. The lowest BCUT2D eigenvalue weighted by molar-refractivity contribution is 0.0526. The second kappa shape index (κ2) is 13.1. The molecule has 0 radical (unpaired) electrons. The van der Waals surface area contributed by atoms with E-state index in [4.69, 9.17) is 14.2 Å². The number of ether oxygens (including phenoxy) is 3. The monoisotopic (exact) mass is 494 g/mol. The van der Waals surface area contributed by atoms with Crippen molar-refractivity contribution in [3.63, 3.8) is 0 Å². The van der Waals surface area contributed by atoms with Crippen LogP contribution in [-0.2, 0) is 17.8 Å². The van der Waals surface area contributed by atoms with Crippen LogP contribution in [0.25, 0.3) is 11.1 Å². The minimum atomic E-state index is -0.453. The third-order valence-electron chi connectivity index (χ3n) is 5.91. The molecule has 0 N–H and O–H groups in total. The Balaban J connectivity index is 1.22. The highest BCUT2D eigenvalue weighted by molar-refractivity contribution is 5.92. The molecule has 0 aromatic heterocycles. The maximum Gasteiger partial charge on any atom is 0.338 e. The number of benzene rings is 4. The van der Waals surface area contributed by atoms with Gasteiger partial charge in [0.05, 0.1) is 24.3 Å². The summed E-state index contributed by atoms with van der Waals surface area (Å²) in [6.07, 6.45) is 2.30. The average molecular weight is 495 g/mol. The van der Waals surface area contributed by atoms with Crippen molar-refractivity contribution in [2.45, 2.75) is 26.4 Å². The van der Waals surface area contributed by atoms with E-state index >= 15 is 0 Å². The Morgan fingerprint density at radius 1 is 0.784 bits per heavy atom. The fourth-order valence-corrected chi connectivity index (χ4v) is 3.91. The summed E-state index contributed by atoms with van der Waals surface area (Å²) < 4.78 is 16.7. The van der Waals surface area contributed by atoms with Crippen molar-refractivity contribution in [3.8, 4) is 22.6 Å². The van der Waals surface area contributed by atoms with Crippen LogP contribution in [0.1, 0.15) is 45.2 Å². The van der Waals surface area contributed by atoms with Crippen LogP contribution in [-0.4, -0.2) is 25.5 Å². The van der Waals surface area contributed by atoms with Gasteiger partial charge in [0.1, 0.15) is 18.1 Å². The molecule has 0 atom stereocenters. The van der Waals surface area contributed by atoms with Gasteiger partial charge in [-0.1, -0.05) is 66.7 Å². The van der Waals surface area contributed by atoms with Crippen LogP contribution in [0.3, 0.4) is 0 Å². The van der Waals surface area contributed by atoms with E-state index in [1.54, 1.807) is 19.1 Å². The van der Waals surface area contributed by atoms with Crippen molar-refractivity contribution in [1.82, 2.24) is 0 Å². The molecular formula is C32H30O5. The van der Waals surface area contributed by atoms with Crippen LogP contribution in [0, 0.1) is 0 Å². The van der Waals surface area contributed by atoms with Gasteiger partial charge < -0.3 is 14.2 Å². The van der Waals surface area contributed by atoms with E-state index < -0.39 is 5.97 Å². The third kappa shape index (κ3) is 7.31. The van der Waals surface area contributed by atoms with Gasteiger partial charge in [-0.2, -0.15) is 0 Å². The van der Waals surface area contributed by atoms with Crippen LogP contribution in [0.15, 0.2) is 97.1 Å². The number of hydrogen-bond donors (Lipinski definition) is 0. The Labute approximate surface area is 217 Å². The molecular weight excluding hydrogens is 464 g/mol. The van der Waals surface area contributed by atoms with Crippen LogP contribution < -0.4 is 9.47 Å². The van der Waals surface area contributed by atoms with E-state index in [-0.39, 0.29) is 6.61 Å². The van der Waals surface area contributed by atoms with Crippen LogP contribution >= 0.6 is 0 Å². The molecule has 37 heavy (non-hydrogen) atoms. The van der Waals surface area contributed by atoms with Gasteiger partial charge in [-0.3, -0.25) is 4.79 Å². The zero-order chi connectivity index (χ0) is 25.9. The van der Waals surface area contributed by atoms with Gasteiger partial charge in [0.25, 0.3) is 0 Å². The standard InChI is InChI=1S/C32H30O5/c1-2-35-32(34)28-16-19-31(29(21-28)22-33)36-20-6-7-24-12-17-30(18-13-24)37-23-25-10-14-27(15-11-25)26-8-4-3-5-9-26/h3-5,8-19,21-22H,2,6-7,20,23H2,1H3. The quantitative estimate of drug-likeness (QED) is 0.121. The molecule has 0 unspecified atom stereocenters. The maximum absolute atomic E-state index is 11.9. The van der Waals surface area contributed by atoms with Crippen LogP contribution in [0.4, 0.5) is 0 Å². The topological polar surface area (TPSA) is 61.8 Å². The molecule has 5 heteroatoms. The number of hydrogen-bond acceptors (Lipinski definition) is 5. The molecule has 4 aromatic rings. The van der Waals surface area contributed by atoms with Gasteiger partial charge in [-0.15, -0.1) is 0 Å². The number of aldehydes is 1. The lowest BCUT2D eigenvalue weighted by Gasteiger charge is -2.11. The number of esters is 1. The summed E-state index contributed by atoms with van der Waals surface area (Å²) in [6, 6.07) is 31.5. The summed E-state index contributed by atoms with van der Waals surface area (Å²) in [7, 11) is 0. The van der Waals surface area contributed by atoms with Gasteiger partial charge in [0.15, 0.2) is 6.29 Å². The molecule has 0 aliphatic heterocycles. The Morgan fingerprint density at radius 2 is 1.49 bits per heavy atom. The van der Waals surface area contributed by atoms with Crippen molar-refractivity contribution in [2.75, 3.05) is 13.2 Å². The normalized spacial score (nSPS) is 10.5. The first-order valence-electron chi connectivity index (χ1n) is 12.4. The van der Waals surface area contributed by atoms with Crippen LogP contribution in [0.2, 0.25) is 0 Å². The van der Waals surface area contributed by atoms with Gasteiger partial charge in [-0.05, 0) is 72.4 Å². The van der Waals surface area contributed by atoms with Crippen molar-refractivity contribution in [3.05, 3.63) is 119 Å². The Kier molecular flexibility index (Phi) is 9.08. The van der Waals surface area contributed by atoms with E-state index in [9.17, 15) is 9.59 Å². The highest BCUT2D eigenvalue weighted by atomic mass is 16.5. The number of carbonyl (C=O) groups excluding carboxylic acids is 2. The van der Waals surface area contributed by atoms with E-state index in [1.807, 2.05) is 30.3 Å². The summed E-state index contributed by atoms with van der Waals surface area (Å²) >= 11 is 0. The molecule has 0 saturated heterocycles. The first kappa shape index (κ1) is 25.7. The van der Waals surface area contributed by atoms with Crippen molar-refractivity contribution in [1.29, 1.82) is 0 Å². The van der Waals surface area contributed by atoms with E-state index in [1.165, 1.54) is 22.8 Å². The van der Waals surface area contributed by atoms with Crippen molar-refractivity contribution < 1.29 is 23.8 Å². The minimum absolute atomic E-state index is 0.281. The highest BCUT2D eigenvalue weighted by Gasteiger charge is 2.11. The minimum Gasteiger partial charge on any atom is -0.493 e. The van der Waals surface area contributed by atoms with Crippen LogP contribution in [0.5, 0.6) is 11.5 Å². The molecule has 4 rings (SSSR count). The summed E-state index contributed by atoms with van der Waals surface area (Å²) in [4.78, 5) is 23.3. The first-order valence-corrected chi connectivity index (χ1v) is 12.4. The van der Waals surface area contributed by atoms with E-state index in [2.05, 4.69) is 48.5 Å². The fourth-order valence-electron chi connectivity index (χ4n) is 3.91. The first-order chi connectivity index (χ1) is 18.2. The maximum atomic E-state index is 11.9. The van der Waals surface area contributed by atoms with Gasteiger partial charge >= 0.3 is 5.97 Å². The fraction of sp³-hybridized carbons (Fsp3) is 0.188. The Bertz CT molecular complexity index is 1300. The highest BCUT2D eigenvalue weighted by Crippen LogP contribution is 2.22. The van der Waals surface area contributed by atoms with Gasteiger partial charge in [-0.25, -0.2) is 4.79 Å². The molecule has 5 nitrogen and oxygen atoms in total. The van der Waals surface area contributed by atoms with Crippen molar-refractivity contribution in [2.24, 2.45) is 0 Å².